The third kappa shape index (κ3) is 2.42. The monoisotopic (exact) mass is 352 g/mol. The molecule has 5 heteroatoms. The molecule has 19 heavy (non-hydrogen) atoms. The summed E-state index contributed by atoms with van der Waals surface area (Å²) in [7, 11) is 0. The Morgan fingerprint density at radius 3 is 3.00 bits per heavy atom. The number of aryl methyl sites for hydroxylation is 1. The standard InChI is InChI=1S/C14H13BrN2S2/c1-2-9-5-6-19-13(9)8-17-12-7-10(15)3-4-11(12)16-14(17)18/h3-7H,2,8H2,1H3,(H,16,18). The summed E-state index contributed by atoms with van der Waals surface area (Å²) >= 11 is 10.8. The molecule has 0 aliphatic carbocycles. The molecule has 2 aromatic heterocycles. The molecule has 2 heterocycles. The van der Waals surface area contributed by atoms with Crippen molar-refractivity contribution in [3.63, 3.8) is 0 Å². The van der Waals surface area contributed by atoms with Crippen LogP contribution in [0.5, 0.6) is 0 Å². The summed E-state index contributed by atoms with van der Waals surface area (Å²) in [6.07, 6.45) is 1.07. The molecule has 0 radical (unpaired) electrons. The predicted octanol–water partition coefficient (Wildman–Crippen LogP) is 5.13. The lowest BCUT2D eigenvalue weighted by molar-refractivity contribution is 0.814. The van der Waals surface area contributed by atoms with Gasteiger partial charge in [-0.3, -0.25) is 0 Å². The van der Waals surface area contributed by atoms with Gasteiger partial charge in [-0.25, -0.2) is 0 Å². The fourth-order valence-corrected chi connectivity index (χ4v) is 3.83. The van der Waals surface area contributed by atoms with Crippen molar-refractivity contribution in [1.82, 2.24) is 9.55 Å². The Labute approximate surface area is 129 Å². The Hall–Kier alpha value is -0.910. The lowest BCUT2D eigenvalue weighted by Crippen LogP contribution is -2.00. The van der Waals surface area contributed by atoms with Crippen LogP contribution in [0.15, 0.2) is 34.1 Å². The molecule has 0 unspecified atom stereocenters. The molecule has 98 valence electrons. The maximum absolute atomic E-state index is 5.45. The number of thiophene rings is 1. The van der Waals surface area contributed by atoms with Gasteiger partial charge in [0, 0.05) is 9.35 Å². The zero-order valence-electron chi connectivity index (χ0n) is 10.4. The zero-order chi connectivity index (χ0) is 13.4. The number of benzene rings is 1. The highest BCUT2D eigenvalue weighted by Crippen LogP contribution is 2.24. The van der Waals surface area contributed by atoms with E-state index in [-0.39, 0.29) is 0 Å². The van der Waals surface area contributed by atoms with Gasteiger partial charge in [0.15, 0.2) is 4.77 Å². The van der Waals surface area contributed by atoms with Gasteiger partial charge in [-0.2, -0.15) is 0 Å². The number of aromatic amines is 1. The van der Waals surface area contributed by atoms with E-state index < -0.39 is 0 Å². The van der Waals surface area contributed by atoms with Crippen molar-refractivity contribution in [1.29, 1.82) is 0 Å². The van der Waals surface area contributed by atoms with E-state index in [4.69, 9.17) is 12.2 Å². The first-order valence-corrected chi connectivity index (χ1v) is 8.20. The summed E-state index contributed by atoms with van der Waals surface area (Å²) < 4.78 is 4.02. The van der Waals surface area contributed by atoms with E-state index in [9.17, 15) is 0 Å². The van der Waals surface area contributed by atoms with Gasteiger partial charge >= 0.3 is 0 Å². The van der Waals surface area contributed by atoms with Crippen molar-refractivity contribution in [2.24, 2.45) is 0 Å². The fraction of sp³-hybridized carbons (Fsp3) is 0.214. The van der Waals surface area contributed by atoms with Gasteiger partial charge in [0.1, 0.15) is 0 Å². The number of fused-ring (bicyclic) bond motifs is 1. The van der Waals surface area contributed by atoms with Crippen LogP contribution in [0.1, 0.15) is 17.4 Å². The molecule has 0 aliphatic rings. The minimum atomic E-state index is 0.781. The van der Waals surface area contributed by atoms with E-state index in [1.165, 1.54) is 10.4 Å². The molecular weight excluding hydrogens is 340 g/mol. The van der Waals surface area contributed by atoms with Crippen molar-refractivity contribution in [3.05, 3.63) is 49.3 Å². The van der Waals surface area contributed by atoms with E-state index in [1.54, 1.807) is 11.3 Å². The summed E-state index contributed by atoms with van der Waals surface area (Å²) in [5.74, 6) is 0. The summed E-state index contributed by atoms with van der Waals surface area (Å²) in [6.45, 7) is 3.03. The van der Waals surface area contributed by atoms with Crippen molar-refractivity contribution in [3.8, 4) is 0 Å². The first kappa shape index (κ1) is 13.1. The van der Waals surface area contributed by atoms with Crippen LogP contribution in [0.3, 0.4) is 0 Å². The first-order chi connectivity index (χ1) is 9.19. The van der Waals surface area contributed by atoms with Gasteiger partial charge in [-0.1, -0.05) is 22.9 Å². The number of H-pyrrole nitrogens is 1. The predicted molar refractivity (Wildman–Crippen MR) is 87.6 cm³/mol. The molecule has 0 amide bonds. The first-order valence-electron chi connectivity index (χ1n) is 6.12. The second kappa shape index (κ2) is 5.23. The third-order valence-corrected chi connectivity index (χ3v) is 5.02. The number of nitrogens with one attached hydrogen (secondary N) is 1. The Bertz CT molecular complexity index is 782. The molecule has 0 fully saturated rings. The molecule has 0 atom stereocenters. The van der Waals surface area contributed by atoms with Gasteiger partial charge in [0.25, 0.3) is 0 Å². The summed E-state index contributed by atoms with van der Waals surface area (Å²) in [5, 5.41) is 2.16. The summed E-state index contributed by atoms with van der Waals surface area (Å²) in [5.41, 5.74) is 3.65. The van der Waals surface area contributed by atoms with Crippen molar-refractivity contribution >= 4 is 50.5 Å². The van der Waals surface area contributed by atoms with Crippen molar-refractivity contribution in [2.45, 2.75) is 19.9 Å². The number of rotatable bonds is 3. The second-order valence-corrected chi connectivity index (χ2v) is 6.70. The smallest absolute Gasteiger partial charge is 0.178 e. The highest BCUT2D eigenvalue weighted by molar-refractivity contribution is 9.10. The molecule has 0 saturated heterocycles. The quantitative estimate of drug-likeness (QED) is 0.647. The van der Waals surface area contributed by atoms with Gasteiger partial charge < -0.3 is 9.55 Å². The summed E-state index contributed by atoms with van der Waals surface area (Å²) in [4.78, 5) is 4.65. The lowest BCUT2D eigenvalue weighted by atomic mass is 10.2. The van der Waals surface area contributed by atoms with Crippen molar-refractivity contribution in [2.75, 3.05) is 0 Å². The molecule has 0 spiro atoms. The molecule has 0 aliphatic heterocycles. The highest BCUT2D eigenvalue weighted by Gasteiger charge is 2.08. The Kier molecular flexibility index (Phi) is 3.60. The second-order valence-electron chi connectivity index (χ2n) is 4.40. The van der Waals surface area contributed by atoms with E-state index in [0.29, 0.717) is 0 Å². The molecule has 3 rings (SSSR count). The molecule has 0 bridgehead atoms. The lowest BCUT2D eigenvalue weighted by Gasteiger charge is -2.05. The molecule has 0 saturated carbocycles. The van der Waals surface area contributed by atoms with E-state index in [2.05, 4.69) is 56.0 Å². The van der Waals surface area contributed by atoms with E-state index >= 15 is 0 Å². The van der Waals surface area contributed by atoms with E-state index in [0.717, 1.165) is 33.2 Å². The van der Waals surface area contributed by atoms with Crippen LogP contribution in [-0.4, -0.2) is 9.55 Å². The van der Waals surface area contributed by atoms with Crippen LogP contribution >= 0.6 is 39.5 Å². The van der Waals surface area contributed by atoms with Gasteiger partial charge in [0.2, 0.25) is 0 Å². The third-order valence-electron chi connectivity index (χ3n) is 3.26. The van der Waals surface area contributed by atoms with Crippen LogP contribution in [0.25, 0.3) is 11.0 Å². The minimum Gasteiger partial charge on any atom is -0.331 e. The fourth-order valence-electron chi connectivity index (χ4n) is 2.25. The summed E-state index contributed by atoms with van der Waals surface area (Å²) in [6, 6.07) is 8.40. The molecular formula is C14H13BrN2S2. The topological polar surface area (TPSA) is 20.7 Å². The Balaban J connectivity index is 2.12. The number of imidazole rings is 1. The zero-order valence-corrected chi connectivity index (χ0v) is 13.7. The molecule has 1 N–H and O–H groups in total. The Morgan fingerprint density at radius 1 is 1.37 bits per heavy atom. The Morgan fingerprint density at radius 2 is 2.21 bits per heavy atom. The number of aromatic nitrogens is 2. The van der Waals surface area contributed by atoms with Crippen LogP contribution in [0.2, 0.25) is 0 Å². The SMILES string of the molecule is CCc1ccsc1Cn1c(=S)[nH]c2ccc(Br)cc21. The van der Waals surface area contributed by atoms with Crippen LogP contribution in [0.4, 0.5) is 0 Å². The van der Waals surface area contributed by atoms with Crippen LogP contribution in [0, 0.1) is 4.77 Å². The van der Waals surface area contributed by atoms with E-state index in [1.807, 2.05) is 6.07 Å². The molecule has 1 aromatic carbocycles. The van der Waals surface area contributed by atoms with Crippen LogP contribution < -0.4 is 0 Å². The highest BCUT2D eigenvalue weighted by atomic mass is 79.9. The van der Waals surface area contributed by atoms with Crippen molar-refractivity contribution < 1.29 is 0 Å². The van der Waals surface area contributed by atoms with Gasteiger partial charge in [-0.15, -0.1) is 11.3 Å². The van der Waals surface area contributed by atoms with Crippen LogP contribution in [-0.2, 0) is 13.0 Å². The maximum Gasteiger partial charge on any atom is 0.178 e. The normalized spacial score (nSPS) is 11.3. The minimum absolute atomic E-state index is 0.781. The average Bonchev–Trinajstić information content (AvgIpc) is 2.96. The largest absolute Gasteiger partial charge is 0.331 e. The molecule has 2 nitrogen and oxygen atoms in total. The maximum atomic E-state index is 5.45. The van der Waals surface area contributed by atoms with Gasteiger partial charge in [0.05, 0.1) is 17.6 Å². The number of nitrogens with zero attached hydrogens (tertiary/aromatic N) is 1. The number of halogens is 1. The average molecular weight is 353 g/mol. The number of hydrogen-bond donors (Lipinski definition) is 1. The molecule has 3 aromatic rings. The number of hydrogen-bond acceptors (Lipinski definition) is 2. The van der Waals surface area contributed by atoms with Gasteiger partial charge in [-0.05, 0) is 53.8 Å².